The number of hydrogen-bond acceptors (Lipinski definition) is 5. The lowest BCUT2D eigenvalue weighted by Gasteiger charge is -2.21. The van der Waals surface area contributed by atoms with Crippen LogP contribution in [0.3, 0.4) is 0 Å². The van der Waals surface area contributed by atoms with Gasteiger partial charge < -0.3 is 15.7 Å². The molecule has 110 valence electrons. The highest BCUT2D eigenvalue weighted by Gasteiger charge is 2.11. The Kier molecular flexibility index (Phi) is 4.07. The van der Waals surface area contributed by atoms with E-state index in [9.17, 15) is 4.79 Å². The van der Waals surface area contributed by atoms with Crippen LogP contribution in [-0.4, -0.2) is 26.6 Å². The van der Waals surface area contributed by atoms with Crippen molar-refractivity contribution >= 4 is 23.3 Å². The van der Waals surface area contributed by atoms with Gasteiger partial charge in [-0.25, -0.2) is 14.8 Å². The Morgan fingerprint density at radius 2 is 1.86 bits per heavy atom. The first-order valence-electron chi connectivity index (χ1n) is 6.54. The number of anilines is 3. The number of aromatic carboxylic acids is 1. The SMILES string of the molecule is CC(C)(C)Nc1cc(Nc2cccc(C(=O)O)c2)ncn1. The molecule has 0 bridgehead atoms. The highest BCUT2D eigenvalue weighted by atomic mass is 16.4. The van der Waals surface area contributed by atoms with Crippen LogP contribution in [0.15, 0.2) is 36.7 Å². The Hall–Kier alpha value is -2.63. The number of hydrogen-bond donors (Lipinski definition) is 3. The summed E-state index contributed by atoms with van der Waals surface area (Å²) in [5, 5.41) is 15.3. The summed E-state index contributed by atoms with van der Waals surface area (Å²) in [4.78, 5) is 19.2. The van der Waals surface area contributed by atoms with E-state index in [4.69, 9.17) is 5.11 Å². The first kappa shape index (κ1) is 14.8. The number of carboxylic acids is 1. The molecule has 6 nitrogen and oxygen atoms in total. The Morgan fingerprint density at radius 1 is 1.14 bits per heavy atom. The second kappa shape index (κ2) is 5.78. The van der Waals surface area contributed by atoms with Gasteiger partial charge in [0.1, 0.15) is 18.0 Å². The smallest absolute Gasteiger partial charge is 0.335 e. The molecule has 0 unspecified atom stereocenters. The highest BCUT2D eigenvalue weighted by Crippen LogP contribution is 2.19. The van der Waals surface area contributed by atoms with Gasteiger partial charge in [0.25, 0.3) is 0 Å². The number of aromatic nitrogens is 2. The summed E-state index contributed by atoms with van der Waals surface area (Å²) < 4.78 is 0. The standard InChI is InChI=1S/C15H18N4O2/c1-15(2,3)19-13-8-12(16-9-17-13)18-11-6-4-5-10(7-11)14(20)21/h4-9H,1-3H3,(H,20,21)(H2,16,17,18,19). The lowest BCUT2D eigenvalue weighted by molar-refractivity contribution is 0.0697. The van der Waals surface area contributed by atoms with Crippen LogP contribution >= 0.6 is 0 Å². The highest BCUT2D eigenvalue weighted by molar-refractivity contribution is 5.89. The van der Waals surface area contributed by atoms with E-state index in [2.05, 4.69) is 20.6 Å². The number of carboxylic acid groups (broad SMARTS) is 1. The molecule has 0 spiro atoms. The molecule has 0 saturated carbocycles. The summed E-state index contributed by atoms with van der Waals surface area (Å²) in [7, 11) is 0. The van der Waals surface area contributed by atoms with Crippen LogP contribution in [-0.2, 0) is 0 Å². The zero-order valence-electron chi connectivity index (χ0n) is 12.2. The summed E-state index contributed by atoms with van der Waals surface area (Å²) in [6, 6.07) is 8.34. The van der Waals surface area contributed by atoms with Crippen molar-refractivity contribution in [3.8, 4) is 0 Å². The Balaban J connectivity index is 2.18. The molecule has 0 aliphatic rings. The number of rotatable bonds is 4. The summed E-state index contributed by atoms with van der Waals surface area (Å²) in [5.74, 6) is 0.338. The van der Waals surface area contributed by atoms with E-state index in [1.807, 2.05) is 20.8 Å². The third kappa shape index (κ3) is 4.45. The van der Waals surface area contributed by atoms with Crippen molar-refractivity contribution < 1.29 is 9.90 Å². The van der Waals surface area contributed by atoms with E-state index in [-0.39, 0.29) is 11.1 Å². The average molecular weight is 286 g/mol. The van der Waals surface area contributed by atoms with Gasteiger partial charge in [-0.15, -0.1) is 0 Å². The minimum absolute atomic E-state index is 0.102. The molecular formula is C15H18N4O2. The van der Waals surface area contributed by atoms with Gasteiger partial charge in [0.05, 0.1) is 5.56 Å². The first-order chi connectivity index (χ1) is 9.83. The molecular weight excluding hydrogens is 268 g/mol. The van der Waals surface area contributed by atoms with Gasteiger partial charge in [-0.05, 0) is 39.0 Å². The maximum Gasteiger partial charge on any atom is 0.335 e. The molecule has 0 atom stereocenters. The maximum atomic E-state index is 11.0. The summed E-state index contributed by atoms with van der Waals surface area (Å²) in [5.41, 5.74) is 0.784. The Bertz CT molecular complexity index is 650. The van der Waals surface area contributed by atoms with Crippen molar-refractivity contribution in [3.05, 3.63) is 42.2 Å². The average Bonchev–Trinajstić information content (AvgIpc) is 2.37. The molecule has 21 heavy (non-hydrogen) atoms. The molecule has 1 heterocycles. The van der Waals surface area contributed by atoms with Gasteiger partial charge >= 0.3 is 5.97 Å². The van der Waals surface area contributed by atoms with E-state index < -0.39 is 5.97 Å². The molecule has 1 aromatic carbocycles. The topological polar surface area (TPSA) is 87.1 Å². The number of nitrogens with zero attached hydrogens (tertiary/aromatic N) is 2. The number of nitrogens with one attached hydrogen (secondary N) is 2. The largest absolute Gasteiger partial charge is 0.478 e. The van der Waals surface area contributed by atoms with Crippen LogP contribution in [0.4, 0.5) is 17.3 Å². The quantitative estimate of drug-likeness (QED) is 0.800. The normalized spacial score (nSPS) is 11.0. The zero-order chi connectivity index (χ0) is 15.5. The predicted molar refractivity (Wildman–Crippen MR) is 82.1 cm³/mol. The second-order valence-electron chi connectivity index (χ2n) is 5.67. The summed E-state index contributed by atoms with van der Waals surface area (Å²) in [6.07, 6.45) is 1.46. The zero-order valence-corrected chi connectivity index (χ0v) is 12.2. The summed E-state index contributed by atoms with van der Waals surface area (Å²) in [6.45, 7) is 6.12. The van der Waals surface area contributed by atoms with Crippen molar-refractivity contribution in [2.45, 2.75) is 26.3 Å². The lowest BCUT2D eigenvalue weighted by Crippen LogP contribution is -2.26. The monoisotopic (exact) mass is 286 g/mol. The molecule has 0 aliphatic carbocycles. The third-order valence-corrected chi connectivity index (χ3v) is 2.55. The van der Waals surface area contributed by atoms with Crippen LogP contribution < -0.4 is 10.6 Å². The first-order valence-corrected chi connectivity index (χ1v) is 6.54. The molecule has 0 radical (unpaired) electrons. The van der Waals surface area contributed by atoms with Crippen LogP contribution in [0.25, 0.3) is 0 Å². The maximum absolute atomic E-state index is 11.0. The minimum Gasteiger partial charge on any atom is -0.478 e. The predicted octanol–water partition coefficient (Wildman–Crippen LogP) is 3.13. The van der Waals surface area contributed by atoms with E-state index in [1.165, 1.54) is 6.33 Å². The fourth-order valence-corrected chi connectivity index (χ4v) is 1.76. The van der Waals surface area contributed by atoms with E-state index in [0.29, 0.717) is 17.3 Å². The van der Waals surface area contributed by atoms with Crippen molar-refractivity contribution in [1.82, 2.24) is 9.97 Å². The fraction of sp³-hybridized carbons (Fsp3) is 0.267. The third-order valence-electron chi connectivity index (χ3n) is 2.55. The lowest BCUT2D eigenvalue weighted by atomic mass is 10.1. The molecule has 2 aromatic rings. The van der Waals surface area contributed by atoms with Crippen molar-refractivity contribution in [1.29, 1.82) is 0 Å². The van der Waals surface area contributed by atoms with Crippen molar-refractivity contribution in [3.63, 3.8) is 0 Å². The minimum atomic E-state index is -0.962. The Labute approximate surface area is 123 Å². The van der Waals surface area contributed by atoms with Crippen LogP contribution in [0.2, 0.25) is 0 Å². The van der Waals surface area contributed by atoms with Crippen LogP contribution in [0.1, 0.15) is 31.1 Å². The van der Waals surface area contributed by atoms with Crippen molar-refractivity contribution in [2.75, 3.05) is 10.6 Å². The van der Waals surface area contributed by atoms with Gasteiger partial charge in [-0.2, -0.15) is 0 Å². The van der Waals surface area contributed by atoms with Crippen molar-refractivity contribution in [2.24, 2.45) is 0 Å². The molecule has 0 aliphatic heterocycles. The van der Waals surface area contributed by atoms with E-state index in [0.717, 1.165) is 0 Å². The Morgan fingerprint density at radius 3 is 2.52 bits per heavy atom. The fourth-order valence-electron chi connectivity index (χ4n) is 1.76. The molecule has 0 amide bonds. The summed E-state index contributed by atoms with van der Waals surface area (Å²) >= 11 is 0. The van der Waals surface area contributed by atoms with Gasteiger partial charge in [0, 0.05) is 17.3 Å². The van der Waals surface area contributed by atoms with Gasteiger partial charge in [0.15, 0.2) is 0 Å². The van der Waals surface area contributed by atoms with Gasteiger partial charge in [-0.1, -0.05) is 6.07 Å². The molecule has 0 fully saturated rings. The van der Waals surface area contributed by atoms with Gasteiger partial charge in [0.2, 0.25) is 0 Å². The molecule has 6 heteroatoms. The molecule has 1 aromatic heterocycles. The van der Waals surface area contributed by atoms with Crippen LogP contribution in [0, 0.1) is 0 Å². The molecule has 2 rings (SSSR count). The van der Waals surface area contributed by atoms with E-state index in [1.54, 1.807) is 30.3 Å². The number of carbonyl (C=O) groups is 1. The van der Waals surface area contributed by atoms with Crippen LogP contribution in [0.5, 0.6) is 0 Å². The molecule has 0 saturated heterocycles. The molecule has 3 N–H and O–H groups in total. The number of benzene rings is 1. The van der Waals surface area contributed by atoms with Gasteiger partial charge in [-0.3, -0.25) is 0 Å². The second-order valence-corrected chi connectivity index (χ2v) is 5.67. The van der Waals surface area contributed by atoms with E-state index >= 15 is 0 Å².